The number of hydrogen-bond donors (Lipinski definition) is 3. The summed E-state index contributed by atoms with van der Waals surface area (Å²) in [7, 11) is 1.72. The van der Waals surface area contributed by atoms with E-state index in [4.69, 9.17) is 0 Å². The van der Waals surface area contributed by atoms with Crippen molar-refractivity contribution in [2.24, 2.45) is 4.99 Å². The molecule has 134 valence electrons. The van der Waals surface area contributed by atoms with Gasteiger partial charge in [-0.05, 0) is 12.1 Å². The molecule has 8 heteroatoms. The Hall–Kier alpha value is -2.90. The number of amides is 1. The Morgan fingerprint density at radius 3 is 2.56 bits per heavy atom. The Bertz CT molecular complexity index is 681. The second-order valence-corrected chi connectivity index (χ2v) is 5.34. The van der Waals surface area contributed by atoms with E-state index < -0.39 is 0 Å². The summed E-state index contributed by atoms with van der Waals surface area (Å²) in [5.74, 6) is 1.58. The molecule has 8 nitrogen and oxygen atoms in total. The molecule has 0 unspecified atom stereocenters. The van der Waals surface area contributed by atoms with Crippen LogP contribution in [0.15, 0.2) is 41.7 Å². The van der Waals surface area contributed by atoms with E-state index in [9.17, 15) is 4.79 Å². The number of nitrogens with zero attached hydrogens (tertiary/aromatic N) is 4. The molecule has 0 saturated carbocycles. The lowest BCUT2D eigenvalue weighted by atomic mass is 10.2. The van der Waals surface area contributed by atoms with Gasteiger partial charge in [-0.3, -0.25) is 9.79 Å². The smallest absolute Gasteiger partial charge is 0.251 e. The molecule has 3 N–H and O–H groups in total. The highest BCUT2D eigenvalue weighted by atomic mass is 16.1. The van der Waals surface area contributed by atoms with Crippen LogP contribution < -0.4 is 16.0 Å². The predicted molar refractivity (Wildman–Crippen MR) is 97.5 cm³/mol. The molecule has 0 bridgehead atoms. The molecule has 0 atom stereocenters. The monoisotopic (exact) mass is 343 g/mol. The summed E-state index contributed by atoms with van der Waals surface area (Å²) in [6.07, 6.45) is 2.59. The lowest BCUT2D eigenvalue weighted by Gasteiger charge is -2.13. The summed E-state index contributed by atoms with van der Waals surface area (Å²) in [6, 6.07) is 9.16. The number of carbonyl (C=O) groups is 1. The van der Waals surface area contributed by atoms with Crippen LogP contribution in [0.25, 0.3) is 0 Å². The van der Waals surface area contributed by atoms with Gasteiger partial charge in [0.15, 0.2) is 5.96 Å². The van der Waals surface area contributed by atoms with Crippen molar-refractivity contribution in [3.63, 3.8) is 0 Å². The van der Waals surface area contributed by atoms with E-state index >= 15 is 0 Å². The number of aliphatic imine (C=N–C) groups is 1. The molecule has 0 aliphatic heterocycles. The lowest BCUT2D eigenvalue weighted by molar-refractivity contribution is 0.0954. The van der Waals surface area contributed by atoms with E-state index in [0.29, 0.717) is 31.2 Å². The van der Waals surface area contributed by atoms with E-state index in [1.54, 1.807) is 25.5 Å². The first kappa shape index (κ1) is 18.4. The fraction of sp³-hybridized carbons (Fsp3) is 0.412. The van der Waals surface area contributed by atoms with E-state index in [0.717, 1.165) is 18.8 Å². The maximum Gasteiger partial charge on any atom is 0.251 e. The van der Waals surface area contributed by atoms with Crippen molar-refractivity contribution in [3.8, 4) is 0 Å². The highest BCUT2D eigenvalue weighted by molar-refractivity contribution is 5.94. The third-order valence-electron chi connectivity index (χ3n) is 3.62. The molecule has 1 amide bonds. The normalized spacial score (nSPS) is 11.2. The first-order valence-corrected chi connectivity index (χ1v) is 8.39. The molecule has 25 heavy (non-hydrogen) atoms. The number of aryl methyl sites for hydroxylation is 1. The van der Waals surface area contributed by atoms with Gasteiger partial charge in [-0.1, -0.05) is 25.1 Å². The van der Waals surface area contributed by atoms with Crippen molar-refractivity contribution in [1.29, 1.82) is 0 Å². The average molecular weight is 343 g/mol. The summed E-state index contributed by atoms with van der Waals surface area (Å²) in [5.41, 5.74) is 0.658. The minimum absolute atomic E-state index is 0.0787. The van der Waals surface area contributed by atoms with Gasteiger partial charge in [-0.15, -0.1) is 10.2 Å². The molecule has 1 heterocycles. The van der Waals surface area contributed by atoms with Crippen LogP contribution in [0.3, 0.4) is 0 Å². The van der Waals surface area contributed by atoms with Gasteiger partial charge in [0.2, 0.25) is 0 Å². The van der Waals surface area contributed by atoms with Crippen LogP contribution in [0.2, 0.25) is 0 Å². The van der Waals surface area contributed by atoms with Crippen molar-refractivity contribution in [1.82, 2.24) is 30.7 Å². The third-order valence-corrected chi connectivity index (χ3v) is 3.62. The van der Waals surface area contributed by atoms with Crippen LogP contribution in [0.1, 0.15) is 23.1 Å². The molecule has 0 spiro atoms. The molecule has 0 aliphatic rings. The Balaban J connectivity index is 1.64. The van der Waals surface area contributed by atoms with Gasteiger partial charge in [-0.2, -0.15) is 0 Å². The predicted octanol–water partition coefficient (Wildman–Crippen LogP) is 0.436. The van der Waals surface area contributed by atoms with Crippen molar-refractivity contribution in [3.05, 3.63) is 48.0 Å². The third kappa shape index (κ3) is 5.91. The van der Waals surface area contributed by atoms with Crippen LogP contribution >= 0.6 is 0 Å². The number of nitrogens with one attached hydrogen (secondary N) is 3. The Morgan fingerprint density at radius 1 is 1.12 bits per heavy atom. The summed E-state index contributed by atoms with van der Waals surface area (Å²) in [6.45, 7) is 4.63. The molecule has 0 fully saturated rings. The summed E-state index contributed by atoms with van der Waals surface area (Å²) in [4.78, 5) is 16.1. The molecule has 0 saturated heterocycles. The summed E-state index contributed by atoms with van der Waals surface area (Å²) in [5, 5.41) is 17.2. The number of guanidine groups is 1. The number of aromatic nitrogens is 3. The molecular weight excluding hydrogens is 318 g/mol. The topological polar surface area (TPSA) is 96.2 Å². The lowest BCUT2D eigenvalue weighted by Crippen LogP contribution is -2.42. The van der Waals surface area contributed by atoms with Gasteiger partial charge < -0.3 is 20.5 Å². The van der Waals surface area contributed by atoms with E-state index in [-0.39, 0.29) is 5.91 Å². The Labute approximate surface area is 147 Å². The maximum absolute atomic E-state index is 11.9. The quantitative estimate of drug-likeness (QED) is 0.367. The van der Waals surface area contributed by atoms with Gasteiger partial charge in [-0.25, -0.2) is 0 Å². The second kappa shape index (κ2) is 10.1. The number of hydrogen-bond acceptors (Lipinski definition) is 4. The standard InChI is InChI=1S/C17H25N7O/c1-3-15-23-22-13-24(15)12-11-21-17(18-2)20-10-9-19-16(25)14-7-5-4-6-8-14/h4-8,13H,3,9-12H2,1-2H3,(H,19,25)(H2,18,20,21). The fourth-order valence-electron chi connectivity index (χ4n) is 2.30. The van der Waals surface area contributed by atoms with Crippen LogP contribution in [0.4, 0.5) is 0 Å². The molecule has 2 rings (SSSR count). The minimum atomic E-state index is -0.0787. The number of rotatable bonds is 8. The SMILES string of the molecule is CCc1nncn1CCNC(=NC)NCCNC(=O)c1ccccc1. The second-order valence-electron chi connectivity index (χ2n) is 5.34. The van der Waals surface area contributed by atoms with Gasteiger partial charge in [0, 0.05) is 45.2 Å². The maximum atomic E-state index is 11.9. The first-order valence-electron chi connectivity index (χ1n) is 8.39. The zero-order valence-corrected chi connectivity index (χ0v) is 14.7. The highest BCUT2D eigenvalue weighted by Crippen LogP contribution is 1.97. The van der Waals surface area contributed by atoms with E-state index in [2.05, 4.69) is 38.1 Å². The van der Waals surface area contributed by atoms with Crippen molar-refractivity contribution in [2.75, 3.05) is 26.7 Å². The van der Waals surface area contributed by atoms with Crippen LogP contribution in [-0.2, 0) is 13.0 Å². The van der Waals surface area contributed by atoms with Crippen LogP contribution in [0.5, 0.6) is 0 Å². The fourth-order valence-corrected chi connectivity index (χ4v) is 2.30. The van der Waals surface area contributed by atoms with Gasteiger partial charge >= 0.3 is 0 Å². The van der Waals surface area contributed by atoms with Crippen LogP contribution in [0, 0.1) is 0 Å². The molecular formula is C17H25N7O. The van der Waals surface area contributed by atoms with Gasteiger partial charge in [0.05, 0.1) is 0 Å². The van der Waals surface area contributed by atoms with E-state index in [1.807, 2.05) is 22.8 Å². The molecule has 2 aromatic rings. The minimum Gasteiger partial charge on any atom is -0.355 e. The molecule has 0 radical (unpaired) electrons. The first-order chi connectivity index (χ1) is 12.2. The van der Waals surface area contributed by atoms with Crippen molar-refractivity contribution < 1.29 is 4.79 Å². The highest BCUT2D eigenvalue weighted by Gasteiger charge is 2.04. The van der Waals surface area contributed by atoms with Crippen LogP contribution in [-0.4, -0.2) is 53.3 Å². The number of carbonyl (C=O) groups excluding carboxylic acids is 1. The van der Waals surface area contributed by atoms with Crippen molar-refractivity contribution >= 4 is 11.9 Å². The molecule has 0 aliphatic carbocycles. The van der Waals surface area contributed by atoms with Gasteiger partial charge in [0.1, 0.15) is 12.2 Å². The summed E-state index contributed by atoms with van der Waals surface area (Å²) < 4.78 is 2.01. The largest absolute Gasteiger partial charge is 0.355 e. The van der Waals surface area contributed by atoms with Crippen molar-refractivity contribution in [2.45, 2.75) is 19.9 Å². The number of benzene rings is 1. The zero-order chi connectivity index (χ0) is 17.9. The Kier molecular flexibility index (Phi) is 7.42. The average Bonchev–Trinajstić information content (AvgIpc) is 3.11. The summed E-state index contributed by atoms with van der Waals surface area (Å²) >= 11 is 0. The van der Waals surface area contributed by atoms with E-state index in [1.165, 1.54) is 0 Å². The molecule has 1 aromatic carbocycles. The van der Waals surface area contributed by atoms with Gasteiger partial charge in [0.25, 0.3) is 5.91 Å². The molecule has 1 aromatic heterocycles. The zero-order valence-electron chi connectivity index (χ0n) is 14.7. The Morgan fingerprint density at radius 2 is 1.84 bits per heavy atom.